The molecule has 1 fully saturated rings. The number of piperazine rings is 1. The number of hydrogen-bond donors (Lipinski definition) is 1. The van der Waals surface area contributed by atoms with Crippen LogP contribution in [0, 0.1) is 11.6 Å². The van der Waals surface area contributed by atoms with Gasteiger partial charge in [-0.2, -0.15) is 0 Å². The van der Waals surface area contributed by atoms with Gasteiger partial charge in [-0.05, 0) is 63.7 Å². The Morgan fingerprint density at radius 1 is 0.980 bits per heavy atom. The van der Waals surface area contributed by atoms with Crippen molar-refractivity contribution in [3.63, 3.8) is 0 Å². The molecule has 256 valence electrons. The molecular weight excluding hydrogens is 638 g/mol. The first kappa shape index (κ1) is 33.6. The van der Waals surface area contributed by atoms with Gasteiger partial charge in [0, 0.05) is 62.3 Å². The molecule has 0 bridgehead atoms. The molecule has 2 aliphatic heterocycles. The maximum Gasteiger partial charge on any atom is 0.335 e. The van der Waals surface area contributed by atoms with Crippen molar-refractivity contribution < 1.29 is 23.1 Å². The minimum atomic E-state index is -0.917. The smallest absolute Gasteiger partial charge is 0.335 e. The number of carbonyl (C=O) groups is 2. The molecule has 1 N–H and O–H groups in total. The number of nitrogens with zero attached hydrogens (tertiary/aromatic N) is 7. The number of halogens is 2. The minimum absolute atomic E-state index is 0.0253. The zero-order valence-corrected chi connectivity index (χ0v) is 27.4. The van der Waals surface area contributed by atoms with E-state index in [2.05, 4.69) is 32.1 Å². The second-order valence-corrected chi connectivity index (χ2v) is 12.4. The fourth-order valence-corrected chi connectivity index (χ4v) is 5.80. The molecule has 1 saturated heterocycles. The average Bonchev–Trinajstić information content (AvgIpc) is 3.07. The molecule has 0 unspecified atom stereocenters. The predicted octanol–water partition coefficient (Wildman–Crippen LogP) is 2.83. The van der Waals surface area contributed by atoms with Gasteiger partial charge < -0.3 is 19.9 Å². The molecular formula is C34H36F2N8O5. The topological polar surface area (TPSA) is 135 Å². The third-order valence-corrected chi connectivity index (χ3v) is 8.67. The molecule has 49 heavy (non-hydrogen) atoms. The molecule has 2 aliphatic rings. The number of likely N-dealkylation sites (N-methyl/N-ethyl adjacent to an activating group) is 1. The second kappa shape index (κ2) is 14.1. The molecule has 2 aromatic heterocycles. The van der Waals surface area contributed by atoms with Gasteiger partial charge in [0.1, 0.15) is 17.7 Å². The third-order valence-electron chi connectivity index (χ3n) is 8.67. The summed E-state index contributed by atoms with van der Waals surface area (Å²) in [5, 5.41) is 2.51. The van der Waals surface area contributed by atoms with Crippen molar-refractivity contribution in [3.05, 3.63) is 104 Å². The zero-order valence-electron chi connectivity index (χ0n) is 27.4. The molecule has 0 spiro atoms. The van der Waals surface area contributed by atoms with Crippen LogP contribution in [0.15, 0.2) is 64.6 Å². The highest BCUT2D eigenvalue weighted by Crippen LogP contribution is 2.31. The standard InChI is InChI=1S/C34H36F2N8O5/c1-21(2)43-17-26(33(47)44(34(43)48)24-7-4-22(35)5-8-24)31(46)39-23-6-9-29(27(36)16-23)49-32-25-10-11-42(18-28(25)37-20-38-32)30(45)19-41-14-12-40(3)13-15-41/h4-9,16-17,20-21H,10-15,18-19H2,1-3H3,(H,39,46). The Bertz CT molecular complexity index is 2010. The van der Waals surface area contributed by atoms with Crippen LogP contribution in [0.1, 0.15) is 41.5 Å². The van der Waals surface area contributed by atoms with E-state index in [1.54, 1.807) is 18.7 Å². The van der Waals surface area contributed by atoms with E-state index < -0.39 is 34.8 Å². The van der Waals surface area contributed by atoms with Crippen molar-refractivity contribution in [3.8, 4) is 17.3 Å². The Hall–Kier alpha value is -5.28. The first-order valence-electron chi connectivity index (χ1n) is 15.9. The van der Waals surface area contributed by atoms with Crippen LogP contribution in [0.4, 0.5) is 14.5 Å². The Kier molecular flexibility index (Phi) is 9.65. The van der Waals surface area contributed by atoms with Crippen molar-refractivity contribution >= 4 is 17.5 Å². The summed E-state index contributed by atoms with van der Waals surface area (Å²) in [4.78, 5) is 67.5. The Morgan fingerprint density at radius 3 is 2.41 bits per heavy atom. The number of nitrogens with one attached hydrogen (secondary N) is 1. The van der Waals surface area contributed by atoms with E-state index in [9.17, 15) is 23.6 Å². The molecule has 4 aromatic rings. The van der Waals surface area contributed by atoms with Gasteiger partial charge in [-0.25, -0.2) is 28.1 Å². The fraction of sp³-hybridized carbons (Fsp3) is 0.353. The van der Waals surface area contributed by atoms with Gasteiger partial charge in [0.15, 0.2) is 11.6 Å². The van der Waals surface area contributed by atoms with Crippen molar-refractivity contribution in [2.24, 2.45) is 0 Å². The average molecular weight is 675 g/mol. The van der Waals surface area contributed by atoms with Gasteiger partial charge in [-0.3, -0.25) is 23.9 Å². The number of carbonyl (C=O) groups excluding carboxylic acids is 2. The van der Waals surface area contributed by atoms with Gasteiger partial charge in [0.05, 0.1) is 24.5 Å². The molecule has 13 nitrogen and oxygen atoms in total. The molecule has 0 atom stereocenters. The summed E-state index contributed by atoms with van der Waals surface area (Å²) in [6.07, 6.45) is 2.89. The molecule has 0 aliphatic carbocycles. The molecule has 4 heterocycles. The Labute approximate surface area is 280 Å². The van der Waals surface area contributed by atoms with Gasteiger partial charge >= 0.3 is 5.69 Å². The summed E-state index contributed by atoms with van der Waals surface area (Å²) >= 11 is 0. The summed E-state index contributed by atoms with van der Waals surface area (Å²) in [5.41, 5.74) is -0.565. The number of amides is 2. The van der Waals surface area contributed by atoms with Gasteiger partial charge in [0.25, 0.3) is 11.5 Å². The fourth-order valence-electron chi connectivity index (χ4n) is 5.80. The lowest BCUT2D eigenvalue weighted by molar-refractivity contribution is -0.133. The molecule has 0 radical (unpaired) electrons. The highest BCUT2D eigenvalue weighted by atomic mass is 19.1. The zero-order chi connectivity index (χ0) is 34.8. The van der Waals surface area contributed by atoms with Gasteiger partial charge in [0.2, 0.25) is 11.8 Å². The summed E-state index contributed by atoms with van der Waals surface area (Å²) in [7, 11) is 2.06. The van der Waals surface area contributed by atoms with E-state index in [0.717, 1.165) is 55.1 Å². The highest BCUT2D eigenvalue weighted by Gasteiger charge is 2.27. The lowest BCUT2D eigenvalue weighted by atomic mass is 10.1. The number of rotatable bonds is 8. The number of hydrogen-bond acceptors (Lipinski definition) is 9. The van der Waals surface area contributed by atoms with Crippen molar-refractivity contribution in [2.75, 3.05) is 51.6 Å². The monoisotopic (exact) mass is 674 g/mol. The van der Waals surface area contributed by atoms with Gasteiger partial charge in [-0.15, -0.1) is 0 Å². The van der Waals surface area contributed by atoms with E-state index in [1.807, 2.05) is 0 Å². The number of fused-ring (bicyclic) bond motifs is 1. The normalized spacial score (nSPS) is 15.3. The number of anilines is 1. The first-order chi connectivity index (χ1) is 23.5. The van der Waals surface area contributed by atoms with Crippen LogP contribution < -0.4 is 21.3 Å². The van der Waals surface area contributed by atoms with Crippen molar-refractivity contribution in [1.82, 2.24) is 33.8 Å². The second-order valence-electron chi connectivity index (χ2n) is 12.4. The highest BCUT2D eigenvalue weighted by molar-refractivity contribution is 6.03. The molecule has 2 amide bonds. The van der Waals surface area contributed by atoms with Crippen LogP contribution >= 0.6 is 0 Å². The van der Waals surface area contributed by atoms with E-state index in [1.165, 1.54) is 35.2 Å². The van der Waals surface area contributed by atoms with Crippen LogP contribution in [0.2, 0.25) is 0 Å². The summed E-state index contributed by atoms with van der Waals surface area (Å²) in [6.45, 7) is 8.01. The predicted molar refractivity (Wildman–Crippen MR) is 176 cm³/mol. The summed E-state index contributed by atoms with van der Waals surface area (Å²) in [5.74, 6) is -2.19. The number of ether oxygens (including phenoxy) is 1. The minimum Gasteiger partial charge on any atom is -0.436 e. The van der Waals surface area contributed by atoms with Crippen LogP contribution in [0.25, 0.3) is 5.69 Å². The maximum atomic E-state index is 15.3. The maximum absolute atomic E-state index is 15.3. The van der Waals surface area contributed by atoms with E-state index in [-0.39, 0.29) is 34.5 Å². The number of aromatic nitrogens is 4. The van der Waals surface area contributed by atoms with Crippen LogP contribution in [-0.4, -0.2) is 91.9 Å². The number of benzene rings is 2. The lowest BCUT2D eigenvalue weighted by Crippen LogP contribution is -2.49. The summed E-state index contributed by atoms with van der Waals surface area (Å²) < 4.78 is 36.7. The first-order valence-corrected chi connectivity index (χ1v) is 15.9. The van der Waals surface area contributed by atoms with E-state index >= 15 is 4.39 Å². The molecule has 0 saturated carbocycles. The third kappa shape index (κ3) is 7.27. The van der Waals surface area contributed by atoms with E-state index in [4.69, 9.17) is 4.74 Å². The van der Waals surface area contributed by atoms with Crippen LogP contribution in [0.5, 0.6) is 11.6 Å². The van der Waals surface area contributed by atoms with Crippen LogP contribution in [0.3, 0.4) is 0 Å². The van der Waals surface area contributed by atoms with E-state index in [0.29, 0.717) is 37.3 Å². The Balaban J connectivity index is 1.16. The van der Waals surface area contributed by atoms with Crippen molar-refractivity contribution in [2.45, 2.75) is 32.9 Å². The van der Waals surface area contributed by atoms with Gasteiger partial charge in [-0.1, -0.05) is 0 Å². The lowest BCUT2D eigenvalue weighted by Gasteiger charge is -2.34. The molecule has 15 heteroatoms. The largest absolute Gasteiger partial charge is 0.436 e. The molecule has 2 aromatic carbocycles. The Morgan fingerprint density at radius 2 is 1.71 bits per heavy atom. The van der Waals surface area contributed by atoms with Crippen LogP contribution in [-0.2, 0) is 17.8 Å². The summed E-state index contributed by atoms with van der Waals surface area (Å²) in [6, 6.07) is 8.07. The van der Waals surface area contributed by atoms with Crippen molar-refractivity contribution in [1.29, 1.82) is 0 Å². The quantitative estimate of drug-likeness (QED) is 0.300. The SMILES string of the molecule is CC(C)n1cc(C(=O)Nc2ccc(Oc3ncnc4c3CCN(C(=O)CN3CCN(C)CC3)C4)c(F)c2)c(=O)n(-c2ccc(F)cc2)c1=O. The molecule has 6 rings (SSSR count).